The van der Waals surface area contributed by atoms with Crippen LogP contribution in [-0.2, 0) is 14.4 Å². The van der Waals surface area contributed by atoms with Gasteiger partial charge in [0, 0.05) is 11.6 Å². The van der Waals surface area contributed by atoms with E-state index in [1.54, 1.807) is 24.3 Å². The number of ketones is 1. The number of hydrogen-bond acceptors (Lipinski definition) is 5. The van der Waals surface area contributed by atoms with E-state index in [-0.39, 0.29) is 11.7 Å². The SMILES string of the molecule is CC(=O)c1ccc(N2C(=O)C3C(c4ccc(/C=C/c5ccccc5)cc4)NC(CC4CCCCC4)(C(=O)O)C3C2=O)cc1. The molecule has 7 nitrogen and oxygen atoms in total. The lowest BCUT2D eigenvalue weighted by Gasteiger charge is -2.35. The number of amides is 2. The molecule has 4 unspecified atom stereocenters. The second kappa shape index (κ2) is 11.7. The van der Waals surface area contributed by atoms with Gasteiger partial charge < -0.3 is 5.11 Å². The van der Waals surface area contributed by atoms with Crippen molar-refractivity contribution in [3.8, 4) is 0 Å². The number of carbonyl (C=O) groups is 4. The molecular formula is C36H36N2O5. The van der Waals surface area contributed by atoms with Crippen LogP contribution in [-0.4, -0.2) is 34.2 Å². The number of nitrogens with zero attached hydrogens (tertiary/aromatic N) is 1. The highest BCUT2D eigenvalue weighted by Crippen LogP contribution is 2.52. The molecule has 0 bridgehead atoms. The van der Waals surface area contributed by atoms with E-state index in [0.717, 1.165) is 53.7 Å². The Morgan fingerprint density at radius 1 is 0.860 bits per heavy atom. The maximum absolute atomic E-state index is 14.2. The third kappa shape index (κ3) is 5.34. The standard InChI is InChI=1S/C36H36N2O5/c1-23(39)27-18-20-29(21-19-27)38-33(40)30-31(34(38)41)36(35(42)43,22-26-10-6-3-7-11-26)37-32(30)28-16-14-25(15-17-28)13-12-24-8-4-2-5-9-24/h2,4-5,8-9,12-21,26,30-32,37H,3,6-7,10-11,22H2,1H3,(H,42,43)/b13-12+. The predicted molar refractivity (Wildman–Crippen MR) is 165 cm³/mol. The number of Topliss-reactive ketones (excluding diaryl/α,β-unsaturated/α-hetero) is 1. The van der Waals surface area contributed by atoms with Crippen LogP contribution >= 0.6 is 0 Å². The van der Waals surface area contributed by atoms with E-state index in [1.807, 2.05) is 66.7 Å². The van der Waals surface area contributed by atoms with Gasteiger partial charge in [-0.2, -0.15) is 0 Å². The summed E-state index contributed by atoms with van der Waals surface area (Å²) in [5.41, 5.74) is 2.08. The summed E-state index contributed by atoms with van der Waals surface area (Å²) in [5.74, 6) is -3.88. The minimum absolute atomic E-state index is 0.119. The van der Waals surface area contributed by atoms with Gasteiger partial charge in [-0.1, -0.05) is 98.9 Å². The molecule has 0 radical (unpaired) electrons. The van der Waals surface area contributed by atoms with Crippen molar-refractivity contribution in [2.24, 2.45) is 17.8 Å². The molecule has 3 aliphatic rings. The van der Waals surface area contributed by atoms with Crippen molar-refractivity contribution < 1.29 is 24.3 Å². The molecular weight excluding hydrogens is 540 g/mol. The van der Waals surface area contributed by atoms with Gasteiger partial charge in [0.25, 0.3) is 0 Å². The number of imide groups is 1. The molecule has 2 N–H and O–H groups in total. The average molecular weight is 577 g/mol. The summed E-state index contributed by atoms with van der Waals surface area (Å²) >= 11 is 0. The third-order valence-electron chi connectivity index (χ3n) is 9.47. The molecule has 0 aromatic heterocycles. The zero-order valence-electron chi connectivity index (χ0n) is 24.2. The molecule has 4 atom stereocenters. The molecule has 43 heavy (non-hydrogen) atoms. The smallest absolute Gasteiger partial charge is 0.324 e. The molecule has 2 saturated heterocycles. The fourth-order valence-electron chi connectivity index (χ4n) is 7.28. The lowest BCUT2D eigenvalue weighted by Crippen LogP contribution is -2.57. The number of carboxylic acids is 1. The molecule has 6 rings (SSSR count). The fraction of sp³-hybridized carbons (Fsp3) is 0.333. The first-order valence-corrected chi connectivity index (χ1v) is 15.1. The number of anilines is 1. The van der Waals surface area contributed by atoms with Crippen molar-refractivity contribution >= 4 is 41.4 Å². The van der Waals surface area contributed by atoms with Crippen LogP contribution in [0.2, 0.25) is 0 Å². The Labute approximate surface area is 251 Å². The largest absolute Gasteiger partial charge is 0.480 e. The topological polar surface area (TPSA) is 104 Å². The molecule has 1 aliphatic carbocycles. The van der Waals surface area contributed by atoms with Gasteiger partial charge in [-0.3, -0.25) is 24.5 Å². The van der Waals surface area contributed by atoms with Crippen LogP contribution in [0.15, 0.2) is 78.9 Å². The number of fused-ring (bicyclic) bond motifs is 1. The van der Waals surface area contributed by atoms with E-state index in [0.29, 0.717) is 17.7 Å². The summed E-state index contributed by atoms with van der Waals surface area (Å²) in [6.07, 6.45) is 9.37. The highest BCUT2D eigenvalue weighted by atomic mass is 16.4. The average Bonchev–Trinajstić information content (AvgIpc) is 3.50. The number of carboxylic acid groups (broad SMARTS) is 1. The normalized spacial score (nSPS) is 25.8. The summed E-state index contributed by atoms with van der Waals surface area (Å²) in [6, 6.07) is 23.4. The van der Waals surface area contributed by atoms with Crippen molar-refractivity contribution in [3.05, 3.63) is 101 Å². The quantitative estimate of drug-likeness (QED) is 0.185. The minimum atomic E-state index is -1.57. The Hall–Kier alpha value is -4.36. The van der Waals surface area contributed by atoms with Crippen molar-refractivity contribution in [1.29, 1.82) is 0 Å². The molecule has 3 aromatic carbocycles. The number of rotatable bonds is 8. The van der Waals surface area contributed by atoms with Gasteiger partial charge in [-0.05, 0) is 60.2 Å². The van der Waals surface area contributed by atoms with E-state index < -0.39 is 41.2 Å². The Morgan fingerprint density at radius 2 is 1.49 bits per heavy atom. The van der Waals surface area contributed by atoms with Gasteiger partial charge in [-0.25, -0.2) is 4.90 Å². The number of benzene rings is 3. The molecule has 2 aliphatic heterocycles. The van der Waals surface area contributed by atoms with Gasteiger partial charge in [-0.15, -0.1) is 0 Å². The number of carbonyl (C=O) groups excluding carboxylic acids is 3. The predicted octanol–water partition coefficient (Wildman–Crippen LogP) is 6.30. The summed E-state index contributed by atoms with van der Waals surface area (Å²) < 4.78 is 0. The third-order valence-corrected chi connectivity index (χ3v) is 9.47. The summed E-state index contributed by atoms with van der Waals surface area (Å²) in [5, 5.41) is 14.2. The molecule has 3 fully saturated rings. The first-order chi connectivity index (χ1) is 20.8. The van der Waals surface area contributed by atoms with E-state index in [4.69, 9.17) is 0 Å². The van der Waals surface area contributed by atoms with Crippen molar-refractivity contribution in [1.82, 2.24) is 5.32 Å². The van der Waals surface area contributed by atoms with E-state index in [9.17, 15) is 24.3 Å². The van der Waals surface area contributed by atoms with Crippen LogP contribution in [0.3, 0.4) is 0 Å². The van der Waals surface area contributed by atoms with Crippen LogP contribution in [0.5, 0.6) is 0 Å². The Balaban J connectivity index is 1.37. The highest BCUT2D eigenvalue weighted by molar-refractivity contribution is 6.24. The monoisotopic (exact) mass is 576 g/mol. The number of hydrogen-bond donors (Lipinski definition) is 2. The van der Waals surface area contributed by atoms with Crippen molar-refractivity contribution in [2.45, 2.75) is 57.0 Å². The van der Waals surface area contributed by atoms with E-state index >= 15 is 0 Å². The lowest BCUT2D eigenvalue weighted by atomic mass is 9.72. The van der Waals surface area contributed by atoms with Crippen molar-refractivity contribution in [2.75, 3.05) is 4.90 Å². The van der Waals surface area contributed by atoms with Crippen molar-refractivity contribution in [3.63, 3.8) is 0 Å². The van der Waals surface area contributed by atoms with E-state index in [2.05, 4.69) is 5.32 Å². The van der Waals surface area contributed by atoms with Crippen LogP contribution in [0.1, 0.15) is 78.5 Å². The second-order valence-electron chi connectivity index (χ2n) is 12.1. The van der Waals surface area contributed by atoms with Crippen LogP contribution in [0.4, 0.5) is 5.69 Å². The lowest BCUT2D eigenvalue weighted by molar-refractivity contribution is -0.150. The van der Waals surface area contributed by atoms with Gasteiger partial charge in [0.1, 0.15) is 5.54 Å². The highest BCUT2D eigenvalue weighted by Gasteiger charge is 2.68. The molecule has 2 amide bonds. The molecule has 1 saturated carbocycles. The van der Waals surface area contributed by atoms with Crippen LogP contribution < -0.4 is 10.2 Å². The maximum Gasteiger partial charge on any atom is 0.324 e. The Morgan fingerprint density at radius 3 is 2.09 bits per heavy atom. The maximum atomic E-state index is 14.2. The van der Waals surface area contributed by atoms with Gasteiger partial charge in [0.15, 0.2) is 5.78 Å². The second-order valence-corrected chi connectivity index (χ2v) is 12.1. The summed E-state index contributed by atoms with van der Waals surface area (Å²) in [7, 11) is 0. The minimum Gasteiger partial charge on any atom is -0.480 e. The van der Waals surface area contributed by atoms with Crippen LogP contribution in [0.25, 0.3) is 12.2 Å². The first kappa shape index (κ1) is 28.7. The van der Waals surface area contributed by atoms with Crippen LogP contribution in [0, 0.1) is 17.8 Å². The molecule has 2 heterocycles. The first-order valence-electron chi connectivity index (χ1n) is 15.1. The fourth-order valence-corrected chi connectivity index (χ4v) is 7.28. The van der Waals surface area contributed by atoms with E-state index in [1.165, 1.54) is 6.92 Å². The molecule has 0 spiro atoms. The van der Waals surface area contributed by atoms with Gasteiger partial charge in [0.05, 0.1) is 17.5 Å². The number of nitrogens with one attached hydrogen (secondary N) is 1. The van der Waals surface area contributed by atoms with Gasteiger partial charge >= 0.3 is 5.97 Å². The van der Waals surface area contributed by atoms with Gasteiger partial charge in [0.2, 0.25) is 11.8 Å². The Bertz CT molecular complexity index is 1560. The molecule has 220 valence electrons. The Kier molecular flexibility index (Phi) is 7.84. The zero-order valence-corrected chi connectivity index (χ0v) is 24.2. The molecule has 7 heteroatoms. The zero-order chi connectivity index (χ0) is 30.1. The number of aliphatic carboxylic acids is 1. The molecule has 3 aromatic rings. The summed E-state index contributed by atoms with van der Waals surface area (Å²) in [6.45, 7) is 1.46. The summed E-state index contributed by atoms with van der Waals surface area (Å²) in [4.78, 5) is 54.5.